The third kappa shape index (κ3) is 6.79. The van der Waals surface area contributed by atoms with Gasteiger partial charge >= 0.3 is 5.97 Å². The molecule has 1 N–H and O–H groups in total. The van der Waals surface area contributed by atoms with E-state index < -0.39 is 62.9 Å². The molecule has 0 aliphatic rings. The highest BCUT2D eigenvalue weighted by atomic mass is 35.5. The van der Waals surface area contributed by atoms with Crippen LogP contribution in [0.15, 0.2) is 30.3 Å². The molecular weight excluding hydrogens is 526 g/mol. The molecule has 0 bridgehead atoms. The van der Waals surface area contributed by atoms with Crippen molar-refractivity contribution in [1.29, 1.82) is 0 Å². The van der Waals surface area contributed by atoms with Crippen molar-refractivity contribution in [3.05, 3.63) is 86.4 Å². The lowest BCUT2D eigenvalue weighted by molar-refractivity contribution is 0.0726. The normalized spacial score (nSPS) is 9.97. The maximum absolute atomic E-state index is 14.6. The van der Waals surface area contributed by atoms with E-state index in [-0.39, 0.29) is 16.8 Å². The maximum Gasteiger partial charge on any atom is 0.345 e. The molecule has 0 spiro atoms. The van der Waals surface area contributed by atoms with Crippen molar-refractivity contribution < 1.29 is 40.3 Å². The largest absolute Gasteiger partial charge is 0.419 e. The molecule has 3 rings (SSSR count). The van der Waals surface area contributed by atoms with Crippen molar-refractivity contribution >= 4 is 40.5 Å². The van der Waals surface area contributed by atoms with Gasteiger partial charge in [-0.1, -0.05) is 43.1 Å². The highest BCUT2D eigenvalue weighted by molar-refractivity contribution is 6.33. The molecule has 0 aliphatic carbocycles. The Balaban J connectivity index is 0.00000145. The predicted octanol–water partition coefficient (Wildman–Crippen LogP) is 8.71. The van der Waals surface area contributed by atoms with Crippen molar-refractivity contribution in [3.8, 4) is 5.75 Å². The van der Waals surface area contributed by atoms with Crippen LogP contribution in [0.25, 0.3) is 0 Å². The number of nitrogens with one attached hydrogen (secondary N) is 1. The zero-order chi connectivity index (χ0) is 27.0. The summed E-state index contributed by atoms with van der Waals surface area (Å²) >= 11 is 11.6. The van der Waals surface area contributed by atoms with Gasteiger partial charge in [0.15, 0.2) is 29.0 Å². The first-order valence-electron chi connectivity index (χ1n) is 9.64. The second-order valence-corrected chi connectivity index (χ2v) is 7.02. The van der Waals surface area contributed by atoms with Crippen molar-refractivity contribution in [2.75, 3.05) is 12.5 Å². The SMILES string of the molecule is CC.CF.Cc1ccc(Nc2c(C(=O)Oc3cc(F)c(F)c(F)c3F)cc(Cl)c(F)c2F)c(Cl)c1. The number of ether oxygens (including phenoxy) is 1. The molecule has 0 amide bonds. The molecule has 0 atom stereocenters. The van der Waals surface area contributed by atoms with Crippen molar-refractivity contribution in [2.45, 2.75) is 20.8 Å². The number of hydrogen-bond donors (Lipinski definition) is 1. The lowest BCUT2D eigenvalue weighted by Crippen LogP contribution is -2.15. The van der Waals surface area contributed by atoms with Crippen LogP contribution < -0.4 is 10.1 Å². The van der Waals surface area contributed by atoms with E-state index in [2.05, 4.69) is 10.1 Å². The molecule has 0 radical (unpaired) electrons. The molecule has 0 heterocycles. The van der Waals surface area contributed by atoms with E-state index in [4.69, 9.17) is 23.2 Å². The van der Waals surface area contributed by atoms with Crippen molar-refractivity contribution in [3.63, 3.8) is 0 Å². The average Bonchev–Trinajstić information content (AvgIpc) is 2.85. The van der Waals surface area contributed by atoms with Gasteiger partial charge in [0.05, 0.1) is 34.2 Å². The van der Waals surface area contributed by atoms with Gasteiger partial charge in [-0.25, -0.2) is 26.7 Å². The Morgan fingerprint density at radius 2 is 1.40 bits per heavy atom. The molecule has 3 nitrogen and oxygen atoms in total. The minimum atomic E-state index is -2.23. The first kappa shape index (κ1) is 30.1. The standard InChI is InChI=1S/C20H9Cl2F6NO2.C2H6.CH3F/c1-7-2-3-12(9(21)4-7)29-19-8(5-10(22)14(24)18(19)28)20(30)31-13-6-11(23)15(25)17(27)16(13)26;2*1-2/h2-6,29H,1H3;1-2H3;1H3. The second kappa shape index (κ2) is 13.2. The van der Waals surface area contributed by atoms with E-state index in [1.165, 1.54) is 12.1 Å². The monoisotopic (exact) mass is 543 g/mol. The fourth-order valence-corrected chi connectivity index (χ4v) is 2.99. The predicted molar refractivity (Wildman–Crippen MR) is 120 cm³/mol. The lowest BCUT2D eigenvalue weighted by atomic mass is 10.1. The van der Waals surface area contributed by atoms with E-state index in [9.17, 15) is 35.5 Å². The Morgan fingerprint density at radius 3 is 1.97 bits per heavy atom. The summed E-state index contributed by atoms with van der Waals surface area (Å²) in [6.07, 6.45) is 0. The molecule has 190 valence electrons. The third-order valence-corrected chi connectivity index (χ3v) is 4.63. The number of carbonyl (C=O) groups is 1. The van der Waals surface area contributed by atoms with Gasteiger partial charge in [0.25, 0.3) is 0 Å². The molecule has 12 heteroatoms. The number of rotatable bonds is 4. The maximum atomic E-state index is 14.6. The van der Waals surface area contributed by atoms with Crippen LogP contribution in [0.4, 0.5) is 42.1 Å². The minimum Gasteiger partial charge on any atom is -0.419 e. The molecule has 0 aliphatic heterocycles. The fourth-order valence-electron chi connectivity index (χ4n) is 2.51. The minimum absolute atomic E-state index is 0.0620. The van der Waals surface area contributed by atoms with Crippen LogP contribution >= 0.6 is 23.2 Å². The number of alkyl halides is 1. The number of carbonyl (C=O) groups excluding carboxylic acids is 1. The van der Waals surface area contributed by atoms with Crippen LogP contribution in [-0.2, 0) is 0 Å². The molecule has 0 unspecified atom stereocenters. The summed E-state index contributed by atoms with van der Waals surface area (Å²) in [7, 11) is 0.500. The van der Waals surface area contributed by atoms with E-state index in [1.807, 2.05) is 13.8 Å². The zero-order valence-corrected chi connectivity index (χ0v) is 20.1. The summed E-state index contributed by atoms with van der Waals surface area (Å²) in [5.41, 5.74) is -0.744. The second-order valence-electron chi connectivity index (χ2n) is 6.21. The van der Waals surface area contributed by atoms with Gasteiger partial charge in [-0.3, -0.25) is 4.39 Å². The van der Waals surface area contributed by atoms with Crippen LogP contribution in [0.3, 0.4) is 0 Å². The van der Waals surface area contributed by atoms with Gasteiger partial charge < -0.3 is 10.1 Å². The van der Waals surface area contributed by atoms with E-state index in [1.54, 1.807) is 13.0 Å². The van der Waals surface area contributed by atoms with Crippen LogP contribution in [0.5, 0.6) is 5.75 Å². The Hall–Kier alpha value is -2.98. The summed E-state index contributed by atoms with van der Waals surface area (Å²) < 4.78 is 96.3. The number of halogens is 9. The molecule has 0 saturated carbocycles. The molecule has 3 aromatic carbocycles. The zero-order valence-electron chi connectivity index (χ0n) is 18.6. The number of anilines is 2. The van der Waals surface area contributed by atoms with Gasteiger partial charge in [-0.05, 0) is 30.7 Å². The summed E-state index contributed by atoms with van der Waals surface area (Å²) in [6, 6.07) is 5.21. The molecule has 35 heavy (non-hydrogen) atoms. The van der Waals surface area contributed by atoms with Crippen LogP contribution in [-0.4, -0.2) is 13.1 Å². The average molecular weight is 544 g/mol. The Labute approximate surface area is 206 Å². The van der Waals surface area contributed by atoms with Gasteiger partial charge in [0.2, 0.25) is 11.6 Å². The first-order valence-corrected chi connectivity index (χ1v) is 10.4. The highest BCUT2D eigenvalue weighted by Crippen LogP contribution is 2.35. The Kier molecular flexibility index (Phi) is 11.3. The van der Waals surface area contributed by atoms with E-state index in [0.717, 1.165) is 5.56 Å². The number of benzene rings is 3. The lowest BCUT2D eigenvalue weighted by Gasteiger charge is -2.15. The molecule has 0 saturated heterocycles. The highest BCUT2D eigenvalue weighted by Gasteiger charge is 2.27. The van der Waals surface area contributed by atoms with Gasteiger partial charge in [-0.2, -0.15) is 4.39 Å². The van der Waals surface area contributed by atoms with Crippen molar-refractivity contribution in [1.82, 2.24) is 0 Å². The fraction of sp³-hybridized carbons (Fsp3) is 0.174. The van der Waals surface area contributed by atoms with E-state index >= 15 is 0 Å². The smallest absolute Gasteiger partial charge is 0.345 e. The first-order chi connectivity index (χ1) is 16.5. The van der Waals surface area contributed by atoms with Gasteiger partial charge in [0.1, 0.15) is 0 Å². The van der Waals surface area contributed by atoms with Crippen LogP contribution in [0.2, 0.25) is 10.0 Å². The quantitative estimate of drug-likeness (QED) is 0.117. The van der Waals surface area contributed by atoms with Gasteiger partial charge in [-0.15, -0.1) is 0 Å². The summed E-state index contributed by atoms with van der Waals surface area (Å²) in [5, 5.41) is 1.66. The summed E-state index contributed by atoms with van der Waals surface area (Å²) in [5.74, 6) is -14.2. The summed E-state index contributed by atoms with van der Waals surface area (Å²) in [4.78, 5) is 12.5. The van der Waals surface area contributed by atoms with Crippen LogP contribution in [0, 0.1) is 41.8 Å². The molecular formula is C23H18Cl2F7NO2. The van der Waals surface area contributed by atoms with E-state index in [0.29, 0.717) is 13.2 Å². The van der Waals surface area contributed by atoms with Gasteiger partial charge in [0, 0.05) is 6.07 Å². The van der Waals surface area contributed by atoms with Crippen molar-refractivity contribution in [2.24, 2.45) is 0 Å². The number of hydrogen-bond acceptors (Lipinski definition) is 3. The Morgan fingerprint density at radius 1 is 0.800 bits per heavy atom. The number of aryl methyl sites for hydroxylation is 1. The molecule has 3 aromatic rings. The van der Waals surface area contributed by atoms with Crippen LogP contribution in [0.1, 0.15) is 29.8 Å². The topological polar surface area (TPSA) is 38.3 Å². The number of esters is 1. The Bertz CT molecular complexity index is 1220. The molecule has 0 fully saturated rings. The third-order valence-electron chi connectivity index (χ3n) is 4.04. The summed E-state index contributed by atoms with van der Waals surface area (Å²) in [6.45, 7) is 5.72. The molecule has 0 aromatic heterocycles.